The Balaban J connectivity index is 2.49. The SMILES string of the molecule is CC(C)NC(C)c1nccs1. The molecule has 1 atom stereocenters. The first-order chi connectivity index (χ1) is 5.20. The van der Waals surface area contributed by atoms with E-state index in [4.69, 9.17) is 0 Å². The van der Waals surface area contributed by atoms with Gasteiger partial charge in [0.2, 0.25) is 0 Å². The van der Waals surface area contributed by atoms with Crippen LogP contribution in [0.5, 0.6) is 0 Å². The highest BCUT2D eigenvalue weighted by molar-refractivity contribution is 7.09. The smallest absolute Gasteiger partial charge is 0.109 e. The van der Waals surface area contributed by atoms with Gasteiger partial charge < -0.3 is 5.32 Å². The molecule has 1 unspecified atom stereocenters. The number of hydrogen-bond acceptors (Lipinski definition) is 3. The third-order valence-electron chi connectivity index (χ3n) is 1.41. The number of rotatable bonds is 3. The van der Waals surface area contributed by atoms with Gasteiger partial charge in [-0.3, -0.25) is 0 Å². The van der Waals surface area contributed by atoms with Crippen molar-refractivity contribution in [1.29, 1.82) is 0 Å². The Labute approximate surface area is 71.7 Å². The van der Waals surface area contributed by atoms with E-state index in [-0.39, 0.29) is 0 Å². The summed E-state index contributed by atoms with van der Waals surface area (Å²) in [5.41, 5.74) is 0. The molecule has 0 aliphatic heterocycles. The lowest BCUT2D eigenvalue weighted by molar-refractivity contribution is 0.504. The summed E-state index contributed by atoms with van der Waals surface area (Å²) in [6.45, 7) is 6.42. The summed E-state index contributed by atoms with van der Waals surface area (Å²) in [4.78, 5) is 4.23. The number of thiazole rings is 1. The number of hydrogen-bond donors (Lipinski definition) is 1. The maximum atomic E-state index is 4.23. The minimum atomic E-state index is 0.384. The molecule has 62 valence electrons. The Bertz CT molecular complexity index is 194. The third-order valence-corrected chi connectivity index (χ3v) is 2.36. The molecule has 3 heteroatoms. The Morgan fingerprint density at radius 3 is 2.64 bits per heavy atom. The molecule has 1 aromatic heterocycles. The van der Waals surface area contributed by atoms with Crippen molar-refractivity contribution in [3.63, 3.8) is 0 Å². The molecule has 0 aliphatic carbocycles. The molecule has 0 spiro atoms. The van der Waals surface area contributed by atoms with Crippen LogP contribution in [0.4, 0.5) is 0 Å². The average Bonchev–Trinajstić information content (AvgIpc) is 2.35. The first-order valence-corrected chi connectivity index (χ1v) is 4.73. The van der Waals surface area contributed by atoms with Gasteiger partial charge in [-0.15, -0.1) is 11.3 Å². The summed E-state index contributed by atoms with van der Waals surface area (Å²) >= 11 is 1.70. The van der Waals surface area contributed by atoms with Crippen LogP contribution in [-0.4, -0.2) is 11.0 Å². The second kappa shape index (κ2) is 3.83. The molecule has 2 nitrogen and oxygen atoms in total. The highest BCUT2D eigenvalue weighted by atomic mass is 32.1. The van der Waals surface area contributed by atoms with E-state index in [0.717, 1.165) is 0 Å². The van der Waals surface area contributed by atoms with Crippen LogP contribution < -0.4 is 5.32 Å². The van der Waals surface area contributed by atoms with E-state index < -0.39 is 0 Å². The van der Waals surface area contributed by atoms with E-state index in [1.54, 1.807) is 11.3 Å². The van der Waals surface area contributed by atoms with Gasteiger partial charge in [-0.1, -0.05) is 13.8 Å². The van der Waals surface area contributed by atoms with Crippen LogP contribution in [0, 0.1) is 0 Å². The molecular formula is C8H14N2S. The van der Waals surface area contributed by atoms with Gasteiger partial charge in [-0.25, -0.2) is 4.98 Å². The Kier molecular flexibility index (Phi) is 3.02. The summed E-state index contributed by atoms with van der Waals surface area (Å²) < 4.78 is 0. The van der Waals surface area contributed by atoms with Crippen LogP contribution in [0.2, 0.25) is 0 Å². The molecule has 0 fully saturated rings. The molecule has 1 rings (SSSR count). The van der Waals surface area contributed by atoms with Crippen molar-refractivity contribution in [2.75, 3.05) is 0 Å². The highest BCUT2D eigenvalue weighted by Gasteiger charge is 2.07. The van der Waals surface area contributed by atoms with E-state index in [2.05, 4.69) is 31.1 Å². The predicted molar refractivity (Wildman–Crippen MR) is 48.8 cm³/mol. The molecule has 1 N–H and O–H groups in total. The fraction of sp³-hybridized carbons (Fsp3) is 0.625. The number of nitrogens with zero attached hydrogens (tertiary/aromatic N) is 1. The quantitative estimate of drug-likeness (QED) is 0.752. The van der Waals surface area contributed by atoms with Crippen molar-refractivity contribution in [2.24, 2.45) is 0 Å². The molecule has 1 heterocycles. The summed E-state index contributed by atoms with van der Waals surface area (Å²) in [6, 6.07) is 0.906. The second-order valence-electron chi connectivity index (χ2n) is 2.91. The van der Waals surface area contributed by atoms with Crippen molar-refractivity contribution in [1.82, 2.24) is 10.3 Å². The van der Waals surface area contributed by atoms with Crippen molar-refractivity contribution in [2.45, 2.75) is 32.9 Å². The summed E-state index contributed by atoms with van der Waals surface area (Å²) in [6.07, 6.45) is 1.85. The van der Waals surface area contributed by atoms with E-state index in [1.807, 2.05) is 11.6 Å². The van der Waals surface area contributed by atoms with Crippen molar-refractivity contribution < 1.29 is 0 Å². The first kappa shape index (κ1) is 8.68. The molecule has 0 bridgehead atoms. The van der Waals surface area contributed by atoms with Gasteiger partial charge in [0.15, 0.2) is 0 Å². The van der Waals surface area contributed by atoms with Gasteiger partial charge >= 0.3 is 0 Å². The summed E-state index contributed by atoms with van der Waals surface area (Å²) in [5, 5.41) is 6.57. The van der Waals surface area contributed by atoms with Gasteiger partial charge in [0.05, 0.1) is 6.04 Å². The van der Waals surface area contributed by atoms with Crippen LogP contribution in [0.1, 0.15) is 31.8 Å². The molecule has 0 aromatic carbocycles. The molecule has 0 amide bonds. The molecule has 0 radical (unpaired) electrons. The molecule has 0 saturated carbocycles. The molecule has 0 saturated heterocycles. The molecular weight excluding hydrogens is 156 g/mol. The zero-order valence-corrected chi connectivity index (χ0v) is 7.98. The fourth-order valence-corrected chi connectivity index (χ4v) is 1.67. The van der Waals surface area contributed by atoms with Gasteiger partial charge in [0.1, 0.15) is 5.01 Å². The maximum absolute atomic E-state index is 4.23. The Morgan fingerprint density at radius 2 is 2.18 bits per heavy atom. The second-order valence-corrected chi connectivity index (χ2v) is 3.84. The predicted octanol–water partition coefficient (Wildman–Crippen LogP) is 2.20. The zero-order chi connectivity index (χ0) is 8.27. The zero-order valence-electron chi connectivity index (χ0n) is 7.16. The Hall–Kier alpha value is -0.410. The van der Waals surface area contributed by atoms with Crippen LogP contribution in [0.25, 0.3) is 0 Å². The lowest BCUT2D eigenvalue weighted by Gasteiger charge is -2.13. The van der Waals surface area contributed by atoms with Gasteiger partial charge in [-0.2, -0.15) is 0 Å². The summed E-state index contributed by atoms with van der Waals surface area (Å²) in [5.74, 6) is 0. The lowest BCUT2D eigenvalue weighted by atomic mass is 10.3. The average molecular weight is 170 g/mol. The first-order valence-electron chi connectivity index (χ1n) is 3.85. The standard InChI is InChI=1S/C8H14N2S/c1-6(2)10-7(3)8-9-4-5-11-8/h4-7,10H,1-3H3. The molecule has 1 aromatic rings. The monoisotopic (exact) mass is 170 g/mol. The lowest BCUT2D eigenvalue weighted by Crippen LogP contribution is -2.25. The number of nitrogens with one attached hydrogen (secondary N) is 1. The van der Waals surface area contributed by atoms with E-state index in [0.29, 0.717) is 12.1 Å². The highest BCUT2D eigenvalue weighted by Crippen LogP contribution is 2.14. The number of aromatic nitrogens is 1. The minimum absolute atomic E-state index is 0.384. The fourth-order valence-electron chi connectivity index (χ4n) is 1.02. The minimum Gasteiger partial charge on any atom is -0.306 e. The van der Waals surface area contributed by atoms with Crippen LogP contribution in [-0.2, 0) is 0 Å². The van der Waals surface area contributed by atoms with Crippen LogP contribution in [0.3, 0.4) is 0 Å². The van der Waals surface area contributed by atoms with Gasteiger partial charge in [-0.05, 0) is 6.92 Å². The van der Waals surface area contributed by atoms with E-state index >= 15 is 0 Å². The van der Waals surface area contributed by atoms with Gasteiger partial charge in [0.25, 0.3) is 0 Å². The van der Waals surface area contributed by atoms with E-state index in [1.165, 1.54) is 5.01 Å². The molecule has 0 aliphatic rings. The van der Waals surface area contributed by atoms with E-state index in [9.17, 15) is 0 Å². The third kappa shape index (κ3) is 2.60. The van der Waals surface area contributed by atoms with Crippen LogP contribution >= 0.6 is 11.3 Å². The van der Waals surface area contributed by atoms with Crippen molar-refractivity contribution in [3.8, 4) is 0 Å². The van der Waals surface area contributed by atoms with Crippen LogP contribution in [0.15, 0.2) is 11.6 Å². The van der Waals surface area contributed by atoms with Gasteiger partial charge in [0, 0.05) is 17.6 Å². The van der Waals surface area contributed by atoms with Crippen molar-refractivity contribution in [3.05, 3.63) is 16.6 Å². The summed E-state index contributed by atoms with van der Waals surface area (Å²) in [7, 11) is 0. The largest absolute Gasteiger partial charge is 0.306 e. The maximum Gasteiger partial charge on any atom is 0.109 e. The topological polar surface area (TPSA) is 24.9 Å². The Morgan fingerprint density at radius 1 is 1.45 bits per heavy atom. The van der Waals surface area contributed by atoms with Crippen molar-refractivity contribution >= 4 is 11.3 Å². The normalized spacial score (nSPS) is 13.8. The molecule has 11 heavy (non-hydrogen) atoms.